The molecule has 0 bridgehead atoms. The van der Waals surface area contributed by atoms with Crippen LogP contribution >= 0.6 is 11.6 Å². The van der Waals surface area contributed by atoms with E-state index in [1.54, 1.807) is 12.1 Å². The molecule has 0 spiro atoms. The Morgan fingerprint density at radius 3 is 2.50 bits per heavy atom. The van der Waals surface area contributed by atoms with Crippen LogP contribution in [-0.4, -0.2) is 6.54 Å². The van der Waals surface area contributed by atoms with Gasteiger partial charge in [-0.05, 0) is 36.7 Å². The molecule has 0 atom stereocenters. The van der Waals surface area contributed by atoms with Crippen molar-refractivity contribution in [2.75, 3.05) is 12.3 Å². The van der Waals surface area contributed by atoms with Gasteiger partial charge in [0.2, 0.25) is 0 Å². The highest BCUT2D eigenvalue weighted by molar-refractivity contribution is 6.31. The second-order valence-corrected chi connectivity index (χ2v) is 4.92. The predicted octanol–water partition coefficient (Wildman–Crippen LogP) is 3.53. The summed E-state index contributed by atoms with van der Waals surface area (Å²) in [7, 11) is 0. The smallest absolute Gasteiger partial charge is 0.130 e. The van der Waals surface area contributed by atoms with E-state index in [0.717, 1.165) is 11.6 Å². The Morgan fingerprint density at radius 2 is 1.80 bits per heavy atom. The van der Waals surface area contributed by atoms with Crippen molar-refractivity contribution in [1.29, 1.82) is 0 Å². The fraction of sp³-hybridized carbons (Fsp3) is 0.200. The molecule has 3 N–H and O–H groups in total. The van der Waals surface area contributed by atoms with E-state index in [9.17, 15) is 8.78 Å². The topological polar surface area (TPSA) is 38.0 Å². The Bertz CT molecular complexity index is 549. The van der Waals surface area contributed by atoms with Crippen molar-refractivity contribution in [1.82, 2.24) is 5.32 Å². The molecule has 0 saturated carbocycles. The number of anilines is 1. The molecule has 0 radical (unpaired) electrons. The summed E-state index contributed by atoms with van der Waals surface area (Å²) in [5, 5.41) is 3.72. The minimum atomic E-state index is -0.570. The number of hydrogen-bond donors (Lipinski definition) is 2. The van der Waals surface area contributed by atoms with Crippen LogP contribution in [0, 0.1) is 11.6 Å². The standard InChI is InChI=1S/C15H15ClF2N2/c16-14-8-13(19)4-2-10(14)5-6-20-9-11-1-3-12(17)7-15(11)18/h1-4,7-8,20H,5-6,9,19H2. The molecule has 0 aliphatic carbocycles. The second kappa shape index (κ2) is 6.68. The number of hydrogen-bond acceptors (Lipinski definition) is 2. The third kappa shape index (κ3) is 3.92. The van der Waals surface area contributed by atoms with E-state index in [1.165, 1.54) is 12.1 Å². The van der Waals surface area contributed by atoms with Crippen molar-refractivity contribution < 1.29 is 8.78 Å². The lowest BCUT2D eigenvalue weighted by atomic mass is 10.1. The van der Waals surface area contributed by atoms with Gasteiger partial charge in [0, 0.05) is 28.9 Å². The second-order valence-electron chi connectivity index (χ2n) is 4.51. The number of nitrogens with one attached hydrogen (secondary N) is 1. The summed E-state index contributed by atoms with van der Waals surface area (Å²) >= 11 is 6.06. The minimum Gasteiger partial charge on any atom is -0.399 e. The molecule has 5 heteroatoms. The Kier molecular flexibility index (Phi) is 4.93. The normalized spacial score (nSPS) is 10.8. The van der Waals surface area contributed by atoms with Gasteiger partial charge in [0.05, 0.1) is 0 Å². The Hall–Kier alpha value is -1.65. The van der Waals surface area contributed by atoms with Gasteiger partial charge >= 0.3 is 0 Å². The lowest BCUT2D eigenvalue weighted by molar-refractivity contribution is 0.560. The van der Waals surface area contributed by atoms with Gasteiger partial charge in [-0.2, -0.15) is 0 Å². The van der Waals surface area contributed by atoms with E-state index in [0.29, 0.717) is 35.8 Å². The third-order valence-electron chi connectivity index (χ3n) is 2.98. The molecule has 20 heavy (non-hydrogen) atoms. The zero-order valence-electron chi connectivity index (χ0n) is 10.8. The number of rotatable bonds is 5. The molecule has 0 heterocycles. The highest BCUT2D eigenvalue weighted by Gasteiger charge is 2.04. The van der Waals surface area contributed by atoms with E-state index < -0.39 is 11.6 Å². The number of nitrogen functional groups attached to an aromatic ring is 1. The summed E-state index contributed by atoms with van der Waals surface area (Å²) in [6.07, 6.45) is 0.710. The van der Waals surface area contributed by atoms with Crippen molar-refractivity contribution in [2.24, 2.45) is 0 Å². The number of halogens is 3. The third-order valence-corrected chi connectivity index (χ3v) is 3.33. The van der Waals surface area contributed by atoms with Crippen molar-refractivity contribution in [3.63, 3.8) is 0 Å². The van der Waals surface area contributed by atoms with Crippen LogP contribution in [0.5, 0.6) is 0 Å². The monoisotopic (exact) mass is 296 g/mol. The largest absolute Gasteiger partial charge is 0.399 e. The van der Waals surface area contributed by atoms with Crippen molar-refractivity contribution in [3.8, 4) is 0 Å². The molecule has 2 nitrogen and oxygen atoms in total. The highest BCUT2D eigenvalue weighted by Crippen LogP contribution is 2.19. The van der Waals surface area contributed by atoms with Crippen LogP contribution in [0.25, 0.3) is 0 Å². The van der Waals surface area contributed by atoms with Crippen molar-refractivity contribution in [2.45, 2.75) is 13.0 Å². The summed E-state index contributed by atoms with van der Waals surface area (Å²) < 4.78 is 26.1. The van der Waals surface area contributed by atoms with Crippen LogP contribution in [-0.2, 0) is 13.0 Å². The summed E-state index contributed by atoms with van der Waals surface area (Å²) in [6, 6.07) is 8.94. The van der Waals surface area contributed by atoms with Crippen LogP contribution < -0.4 is 11.1 Å². The summed E-state index contributed by atoms with van der Waals surface area (Å²) in [4.78, 5) is 0. The first kappa shape index (κ1) is 14.8. The quantitative estimate of drug-likeness (QED) is 0.654. The fourth-order valence-corrected chi connectivity index (χ4v) is 2.16. The van der Waals surface area contributed by atoms with E-state index in [4.69, 9.17) is 17.3 Å². The maximum Gasteiger partial charge on any atom is 0.130 e. The molecule has 0 aliphatic heterocycles. The lowest BCUT2D eigenvalue weighted by Gasteiger charge is -2.08. The van der Waals surface area contributed by atoms with Gasteiger partial charge in [0.1, 0.15) is 11.6 Å². The number of benzene rings is 2. The zero-order chi connectivity index (χ0) is 14.5. The van der Waals surface area contributed by atoms with E-state index in [2.05, 4.69) is 5.32 Å². The van der Waals surface area contributed by atoms with Gasteiger partial charge in [-0.1, -0.05) is 23.7 Å². The molecule has 2 aromatic carbocycles. The average molecular weight is 297 g/mol. The van der Waals surface area contributed by atoms with Crippen molar-refractivity contribution >= 4 is 17.3 Å². The minimum absolute atomic E-state index is 0.346. The summed E-state index contributed by atoms with van der Waals surface area (Å²) in [5.41, 5.74) is 7.66. The molecule has 0 fully saturated rings. The van der Waals surface area contributed by atoms with Crippen LogP contribution in [0.1, 0.15) is 11.1 Å². The van der Waals surface area contributed by atoms with Gasteiger partial charge < -0.3 is 11.1 Å². The Morgan fingerprint density at radius 1 is 1.05 bits per heavy atom. The molecular formula is C15H15ClF2N2. The van der Waals surface area contributed by atoms with E-state index in [-0.39, 0.29) is 0 Å². The molecule has 2 rings (SSSR count). The van der Waals surface area contributed by atoms with Gasteiger partial charge in [-0.25, -0.2) is 8.78 Å². The SMILES string of the molecule is Nc1ccc(CCNCc2ccc(F)cc2F)c(Cl)c1. The van der Waals surface area contributed by atoms with Crippen molar-refractivity contribution in [3.05, 3.63) is 64.2 Å². The average Bonchev–Trinajstić information content (AvgIpc) is 2.39. The molecule has 0 saturated heterocycles. The zero-order valence-corrected chi connectivity index (χ0v) is 11.6. The molecular weight excluding hydrogens is 282 g/mol. The Balaban J connectivity index is 1.84. The molecule has 0 amide bonds. The molecule has 0 aliphatic rings. The van der Waals surface area contributed by atoms with Crippen LogP contribution in [0.4, 0.5) is 14.5 Å². The van der Waals surface area contributed by atoms with Gasteiger partial charge in [0.25, 0.3) is 0 Å². The first-order chi connectivity index (χ1) is 9.56. The highest BCUT2D eigenvalue weighted by atomic mass is 35.5. The summed E-state index contributed by atoms with van der Waals surface area (Å²) in [6.45, 7) is 0.985. The summed E-state index contributed by atoms with van der Waals surface area (Å²) in [5.74, 6) is -1.11. The fourth-order valence-electron chi connectivity index (χ4n) is 1.88. The van der Waals surface area contributed by atoms with Crippen LogP contribution in [0.2, 0.25) is 5.02 Å². The van der Waals surface area contributed by atoms with E-state index in [1.807, 2.05) is 6.07 Å². The molecule has 0 unspecified atom stereocenters. The Labute approximate surface area is 121 Å². The van der Waals surface area contributed by atoms with E-state index >= 15 is 0 Å². The molecule has 106 valence electrons. The van der Waals surface area contributed by atoms with Crippen LogP contribution in [0.15, 0.2) is 36.4 Å². The molecule has 0 aromatic heterocycles. The van der Waals surface area contributed by atoms with Gasteiger partial charge in [-0.15, -0.1) is 0 Å². The maximum absolute atomic E-state index is 13.4. The van der Waals surface area contributed by atoms with Crippen LogP contribution in [0.3, 0.4) is 0 Å². The molecule has 2 aromatic rings. The number of nitrogens with two attached hydrogens (primary N) is 1. The maximum atomic E-state index is 13.4. The first-order valence-corrected chi connectivity index (χ1v) is 6.62. The van der Waals surface area contributed by atoms with Gasteiger partial charge in [-0.3, -0.25) is 0 Å². The predicted molar refractivity (Wildman–Crippen MR) is 77.6 cm³/mol. The van der Waals surface area contributed by atoms with Gasteiger partial charge in [0.15, 0.2) is 0 Å². The lowest BCUT2D eigenvalue weighted by Crippen LogP contribution is -2.17. The first-order valence-electron chi connectivity index (χ1n) is 6.25.